The number of likely N-dealkylation sites (tertiary alicyclic amines) is 1. The topological polar surface area (TPSA) is 66.5 Å². The Morgan fingerprint density at radius 2 is 2.20 bits per heavy atom. The number of aromatic nitrogens is 1. The summed E-state index contributed by atoms with van der Waals surface area (Å²) in [5.41, 5.74) is 1.90. The van der Waals surface area contributed by atoms with Crippen LogP contribution in [-0.4, -0.2) is 42.7 Å². The van der Waals surface area contributed by atoms with Crippen LogP contribution in [-0.2, 0) is 6.54 Å². The fourth-order valence-electron chi connectivity index (χ4n) is 3.12. The highest BCUT2D eigenvalue weighted by molar-refractivity contribution is 5.90. The maximum atomic E-state index is 12.1. The van der Waals surface area contributed by atoms with Crippen LogP contribution in [0.3, 0.4) is 0 Å². The summed E-state index contributed by atoms with van der Waals surface area (Å²) in [5.74, 6) is 1.13. The Morgan fingerprint density at radius 1 is 1.32 bits per heavy atom. The van der Waals surface area contributed by atoms with Gasteiger partial charge in [-0.05, 0) is 42.6 Å². The third-order valence-electron chi connectivity index (χ3n) is 4.41. The van der Waals surface area contributed by atoms with E-state index in [2.05, 4.69) is 26.6 Å². The minimum absolute atomic E-state index is 0.199. The molecule has 0 radical (unpaired) electrons. The molecular weight excluding hydrogens is 316 g/mol. The van der Waals surface area contributed by atoms with Crippen molar-refractivity contribution in [3.8, 4) is 5.75 Å². The molecule has 1 fully saturated rings. The zero-order valence-electron chi connectivity index (χ0n) is 14.4. The van der Waals surface area contributed by atoms with Gasteiger partial charge in [0.25, 0.3) is 0 Å². The minimum Gasteiger partial charge on any atom is -0.495 e. The lowest BCUT2D eigenvalue weighted by Crippen LogP contribution is -2.34. The zero-order valence-corrected chi connectivity index (χ0v) is 14.4. The Balaban J connectivity index is 1.42. The van der Waals surface area contributed by atoms with Gasteiger partial charge in [-0.1, -0.05) is 18.2 Å². The number of nitrogens with zero attached hydrogens (tertiary/aromatic N) is 2. The second-order valence-electron chi connectivity index (χ2n) is 6.29. The molecule has 3 rings (SSSR count). The smallest absolute Gasteiger partial charge is 0.319 e. The summed E-state index contributed by atoms with van der Waals surface area (Å²) in [6.45, 7) is 3.63. The molecule has 1 aliphatic rings. The van der Waals surface area contributed by atoms with Gasteiger partial charge in [-0.2, -0.15) is 0 Å². The molecular formula is C19H24N4O2. The van der Waals surface area contributed by atoms with Crippen LogP contribution in [0.2, 0.25) is 0 Å². The molecule has 2 aromatic rings. The fraction of sp³-hybridized carbons (Fsp3) is 0.368. The lowest BCUT2D eigenvalue weighted by atomic mass is 10.1. The Morgan fingerprint density at radius 3 is 3.00 bits per heavy atom. The Hall–Kier alpha value is -2.60. The number of carbonyl (C=O) groups is 1. The van der Waals surface area contributed by atoms with Crippen molar-refractivity contribution in [1.82, 2.24) is 15.2 Å². The first-order chi connectivity index (χ1) is 12.2. The fourth-order valence-corrected chi connectivity index (χ4v) is 3.12. The SMILES string of the molecule is COc1ccccc1NC(=O)NC[C@@H]1CCN(Cc2cccnc2)C1. The highest BCUT2D eigenvalue weighted by atomic mass is 16.5. The molecule has 6 nitrogen and oxygen atoms in total. The molecule has 1 atom stereocenters. The second kappa shape index (κ2) is 8.48. The van der Waals surface area contributed by atoms with Gasteiger partial charge in [0.1, 0.15) is 5.75 Å². The number of anilines is 1. The highest BCUT2D eigenvalue weighted by Crippen LogP contribution is 2.23. The number of benzene rings is 1. The molecule has 0 aliphatic carbocycles. The number of methoxy groups -OCH3 is 1. The van der Waals surface area contributed by atoms with Gasteiger partial charge in [0.05, 0.1) is 12.8 Å². The number of ether oxygens (including phenoxy) is 1. The van der Waals surface area contributed by atoms with E-state index in [9.17, 15) is 4.79 Å². The number of rotatable bonds is 6. The first-order valence-electron chi connectivity index (χ1n) is 8.53. The van der Waals surface area contributed by atoms with E-state index >= 15 is 0 Å². The maximum absolute atomic E-state index is 12.1. The van der Waals surface area contributed by atoms with Crippen molar-refractivity contribution in [2.24, 2.45) is 5.92 Å². The Labute approximate surface area is 148 Å². The minimum atomic E-state index is -0.199. The van der Waals surface area contributed by atoms with Gasteiger partial charge in [-0.25, -0.2) is 4.79 Å². The van der Waals surface area contributed by atoms with Crippen LogP contribution in [0.5, 0.6) is 5.75 Å². The van der Waals surface area contributed by atoms with Crippen molar-refractivity contribution in [3.05, 3.63) is 54.4 Å². The third kappa shape index (κ3) is 4.93. The summed E-state index contributed by atoms with van der Waals surface area (Å²) < 4.78 is 5.24. The van der Waals surface area contributed by atoms with Crippen molar-refractivity contribution in [2.45, 2.75) is 13.0 Å². The van der Waals surface area contributed by atoms with Gasteiger partial charge >= 0.3 is 6.03 Å². The van der Waals surface area contributed by atoms with Crippen molar-refractivity contribution < 1.29 is 9.53 Å². The van der Waals surface area contributed by atoms with Crippen LogP contribution < -0.4 is 15.4 Å². The van der Waals surface area contributed by atoms with Crippen molar-refractivity contribution in [3.63, 3.8) is 0 Å². The summed E-state index contributed by atoms with van der Waals surface area (Å²) in [4.78, 5) is 18.7. The Kier molecular flexibility index (Phi) is 5.85. The molecule has 1 aromatic heterocycles. The van der Waals surface area contributed by atoms with Crippen LogP contribution in [0, 0.1) is 5.92 Å². The Bertz CT molecular complexity index is 693. The molecule has 132 valence electrons. The van der Waals surface area contributed by atoms with E-state index in [4.69, 9.17) is 4.74 Å². The quantitative estimate of drug-likeness (QED) is 0.848. The molecule has 0 spiro atoms. The number of hydrogen-bond acceptors (Lipinski definition) is 4. The molecule has 2 heterocycles. The predicted molar refractivity (Wildman–Crippen MR) is 97.6 cm³/mol. The number of carbonyl (C=O) groups excluding carboxylic acids is 1. The molecule has 1 aliphatic heterocycles. The normalized spacial score (nSPS) is 17.2. The van der Waals surface area contributed by atoms with E-state index in [1.54, 1.807) is 13.3 Å². The van der Waals surface area contributed by atoms with Crippen molar-refractivity contribution in [1.29, 1.82) is 0 Å². The lowest BCUT2D eigenvalue weighted by Gasteiger charge is -2.16. The number of pyridine rings is 1. The summed E-state index contributed by atoms with van der Waals surface area (Å²) >= 11 is 0. The van der Waals surface area contributed by atoms with Gasteiger partial charge in [0, 0.05) is 32.0 Å². The standard InChI is InChI=1S/C19H24N4O2/c1-25-18-7-3-2-6-17(18)22-19(24)21-12-16-8-10-23(14-16)13-15-5-4-9-20-11-15/h2-7,9,11,16H,8,10,12-14H2,1H3,(H2,21,22,24)/t16-/m0/s1. The average Bonchev–Trinajstić information content (AvgIpc) is 3.09. The largest absolute Gasteiger partial charge is 0.495 e. The van der Waals surface area contributed by atoms with E-state index in [-0.39, 0.29) is 6.03 Å². The van der Waals surface area contributed by atoms with E-state index in [1.807, 2.05) is 36.5 Å². The van der Waals surface area contributed by atoms with Crippen molar-refractivity contribution >= 4 is 11.7 Å². The number of amides is 2. The first-order valence-corrected chi connectivity index (χ1v) is 8.53. The third-order valence-corrected chi connectivity index (χ3v) is 4.41. The van der Waals surface area contributed by atoms with Crippen LogP contribution in [0.15, 0.2) is 48.8 Å². The van der Waals surface area contributed by atoms with Gasteiger partial charge in [0.15, 0.2) is 0 Å². The number of hydrogen-bond donors (Lipinski definition) is 2. The van der Waals surface area contributed by atoms with E-state index in [1.165, 1.54) is 5.56 Å². The highest BCUT2D eigenvalue weighted by Gasteiger charge is 2.23. The van der Waals surface area contributed by atoms with Gasteiger partial charge in [0.2, 0.25) is 0 Å². The zero-order chi connectivity index (χ0) is 17.5. The number of para-hydroxylation sites is 2. The molecule has 25 heavy (non-hydrogen) atoms. The summed E-state index contributed by atoms with van der Waals surface area (Å²) in [6.07, 6.45) is 4.79. The molecule has 1 aromatic carbocycles. The molecule has 0 bridgehead atoms. The molecule has 0 unspecified atom stereocenters. The molecule has 6 heteroatoms. The number of urea groups is 1. The predicted octanol–water partition coefficient (Wildman–Crippen LogP) is 2.73. The summed E-state index contributed by atoms with van der Waals surface area (Å²) in [7, 11) is 1.59. The molecule has 2 N–H and O–H groups in total. The molecule has 2 amide bonds. The van der Waals surface area contributed by atoms with Crippen LogP contribution in [0.4, 0.5) is 10.5 Å². The summed E-state index contributed by atoms with van der Waals surface area (Å²) in [5, 5.41) is 5.80. The maximum Gasteiger partial charge on any atom is 0.319 e. The van der Waals surface area contributed by atoms with E-state index in [0.717, 1.165) is 26.1 Å². The van der Waals surface area contributed by atoms with Crippen LogP contribution >= 0.6 is 0 Å². The first kappa shape index (κ1) is 17.2. The monoisotopic (exact) mass is 340 g/mol. The average molecular weight is 340 g/mol. The molecule has 1 saturated heterocycles. The lowest BCUT2D eigenvalue weighted by molar-refractivity contribution is 0.249. The van der Waals surface area contributed by atoms with Gasteiger partial charge in [-0.3, -0.25) is 9.88 Å². The van der Waals surface area contributed by atoms with Gasteiger partial charge < -0.3 is 15.4 Å². The molecule has 0 saturated carbocycles. The van der Waals surface area contributed by atoms with Crippen LogP contribution in [0.25, 0.3) is 0 Å². The van der Waals surface area contributed by atoms with E-state index in [0.29, 0.717) is 23.9 Å². The van der Waals surface area contributed by atoms with Crippen molar-refractivity contribution in [2.75, 3.05) is 32.1 Å². The van der Waals surface area contributed by atoms with Crippen LogP contribution in [0.1, 0.15) is 12.0 Å². The number of nitrogens with one attached hydrogen (secondary N) is 2. The van der Waals surface area contributed by atoms with Gasteiger partial charge in [-0.15, -0.1) is 0 Å². The second-order valence-corrected chi connectivity index (χ2v) is 6.29. The van der Waals surface area contributed by atoms with E-state index < -0.39 is 0 Å². The summed E-state index contributed by atoms with van der Waals surface area (Å²) in [6, 6.07) is 11.2.